The van der Waals surface area contributed by atoms with E-state index in [4.69, 9.17) is 10.4 Å². The van der Waals surface area contributed by atoms with Crippen LogP contribution in [0, 0.1) is 17.2 Å². The second-order valence-corrected chi connectivity index (χ2v) is 3.94. The lowest BCUT2D eigenvalue weighted by Gasteiger charge is -2.14. The Morgan fingerprint density at radius 1 is 1.35 bits per heavy atom. The third-order valence-electron chi connectivity index (χ3n) is 3.00. The molecule has 2 rings (SSSR count). The van der Waals surface area contributed by atoms with E-state index in [2.05, 4.69) is 5.32 Å². The molecule has 2 N–H and O–H groups in total. The maximum absolute atomic E-state index is 11.0. The summed E-state index contributed by atoms with van der Waals surface area (Å²) in [5, 5.41) is 20.8. The second kappa shape index (κ2) is 5.67. The highest BCUT2D eigenvalue weighted by molar-refractivity contribution is 5.85. The maximum Gasteiger partial charge on any atom is 0.308 e. The molecule has 0 saturated carbocycles. The van der Waals surface area contributed by atoms with Gasteiger partial charge >= 0.3 is 5.97 Å². The van der Waals surface area contributed by atoms with Crippen LogP contribution in [0.5, 0.6) is 0 Å². The van der Waals surface area contributed by atoms with Crippen molar-refractivity contribution in [2.24, 2.45) is 5.92 Å². The fourth-order valence-corrected chi connectivity index (χ4v) is 2.09. The number of nitriles is 1. The summed E-state index contributed by atoms with van der Waals surface area (Å²) in [4.78, 5) is 11.0. The Morgan fingerprint density at radius 2 is 2.00 bits per heavy atom. The van der Waals surface area contributed by atoms with Crippen LogP contribution in [0.25, 0.3) is 0 Å². The van der Waals surface area contributed by atoms with Gasteiger partial charge in [0.25, 0.3) is 0 Å². The summed E-state index contributed by atoms with van der Waals surface area (Å²) in [7, 11) is 0. The van der Waals surface area contributed by atoms with Crippen molar-refractivity contribution in [2.45, 2.75) is 5.92 Å². The molecule has 0 bridgehead atoms. The molecule has 17 heavy (non-hydrogen) atoms. The lowest BCUT2D eigenvalue weighted by molar-refractivity contribution is -0.141. The van der Waals surface area contributed by atoms with Gasteiger partial charge in [-0.25, -0.2) is 0 Å². The van der Waals surface area contributed by atoms with Crippen molar-refractivity contribution in [1.29, 1.82) is 5.26 Å². The molecule has 5 heteroatoms. The minimum Gasteiger partial charge on any atom is -0.481 e. The number of rotatable bonds is 2. The number of hydrogen-bond donors (Lipinski definition) is 2. The molecule has 1 saturated heterocycles. The fraction of sp³-hybridized carbons (Fsp3) is 0.333. The highest BCUT2D eigenvalue weighted by Crippen LogP contribution is 2.28. The largest absolute Gasteiger partial charge is 0.481 e. The minimum atomic E-state index is -0.764. The van der Waals surface area contributed by atoms with Crippen molar-refractivity contribution in [3.05, 3.63) is 35.4 Å². The molecule has 0 spiro atoms. The number of carboxylic acid groups (broad SMARTS) is 1. The molecular formula is C12H13ClN2O2. The quantitative estimate of drug-likeness (QED) is 0.834. The Morgan fingerprint density at radius 3 is 2.53 bits per heavy atom. The van der Waals surface area contributed by atoms with E-state index in [1.807, 2.05) is 18.2 Å². The summed E-state index contributed by atoms with van der Waals surface area (Å²) < 4.78 is 0. The third kappa shape index (κ3) is 2.76. The van der Waals surface area contributed by atoms with Gasteiger partial charge in [0.1, 0.15) is 0 Å². The van der Waals surface area contributed by atoms with Crippen LogP contribution < -0.4 is 5.32 Å². The number of benzene rings is 1. The molecule has 1 heterocycles. The van der Waals surface area contributed by atoms with Crippen LogP contribution in [0.2, 0.25) is 0 Å². The molecule has 0 aromatic heterocycles. The van der Waals surface area contributed by atoms with Gasteiger partial charge in [-0.15, -0.1) is 12.4 Å². The van der Waals surface area contributed by atoms with Crippen molar-refractivity contribution in [3.63, 3.8) is 0 Å². The van der Waals surface area contributed by atoms with Gasteiger partial charge in [0.05, 0.1) is 17.6 Å². The molecule has 0 unspecified atom stereocenters. The van der Waals surface area contributed by atoms with E-state index in [0.29, 0.717) is 18.7 Å². The lowest BCUT2D eigenvalue weighted by Crippen LogP contribution is -2.20. The first-order valence-electron chi connectivity index (χ1n) is 5.16. The first kappa shape index (κ1) is 13.5. The topological polar surface area (TPSA) is 73.1 Å². The van der Waals surface area contributed by atoms with Gasteiger partial charge < -0.3 is 10.4 Å². The summed E-state index contributed by atoms with van der Waals surface area (Å²) in [6.45, 7) is 1.20. The standard InChI is InChI=1S/C12H12N2O2.ClH/c13-5-8-1-3-9(4-2-8)10-6-14-7-11(10)12(15)16;/h1-4,10-11,14H,6-7H2,(H,15,16);1H/t10-,11+;/m0./s1. The molecular weight excluding hydrogens is 240 g/mol. The highest BCUT2D eigenvalue weighted by atomic mass is 35.5. The lowest BCUT2D eigenvalue weighted by atomic mass is 9.89. The van der Waals surface area contributed by atoms with Gasteiger partial charge in [-0.3, -0.25) is 4.79 Å². The van der Waals surface area contributed by atoms with Crippen LogP contribution in [0.4, 0.5) is 0 Å². The zero-order valence-corrected chi connectivity index (χ0v) is 9.91. The van der Waals surface area contributed by atoms with Crippen molar-refractivity contribution >= 4 is 18.4 Å². The SMILES string of the molecule is Cl.N#Cc1ccc([C@@H]2CNC[C@H]2C(=O)O)cc1. The molecule has 1 aromatic carbocycles. The van der Waals surface area contributed by atoms with E-state index in [9.17, 15) is 4.79 Å². The van der Waals surface area contributed by atoms with Crippen molar-refractivity contribution in [3.8, 4) is 6.07 Å². The molecule has 4 nitrogen and oxygen atoms in total. The zero-order chi connectivity index (χ0) is 11.5. The summed E-state index contributed by atoms with van der Waals surface area (Å²) in [5.41, 5.74) is 1.58. The first-order valence-corrected chi connectivity index (χ1v) is 5.16. The van der Waals surface area contributed by atoms with Crippen LogP contribution in [-0.4, -0.2) is 24.2 Å². The van der Waals surface area contributed by atoms with Crippen LogP contribution >= 0.6 is 12.4 Å². The number of hydrogen-bond acceptors (Lipinski definition) is 3. The predicted octanol–water partition coefficient (Wildman–Crippen LogP) is 1.37. The molecule has 1 aliphatic rings. The molecule has 0 aliphatic carbocycles. The predicted molar refractivity (Wildman–Crippen MR) is 65.1 cm³/mol. The van der Waals surface area contributed by atoms with Gasteiger partial charge in [0.15, 0.2) is 0 Å². The smallest absolute Gasteiger partial charge is 0.308 e. The molecule has 1 aromatic rings. The number of carbonyl (C=O) groups is 1. The average molecular weight is 253 g/mol. The monoisotopic (exact) mass is 252 g/mol. The zero-order valence-electron chi connectivity index (χ0n) is 9.09. The van der Waals surface area contributed by atoms with E-state index < -0.39 is 5.97 Å². The van der Waals surface area contributed by atoms with Crippen LogP contribution in [-0.2, 0) is 4.79 Å². The molecule has 0 amide bonds. The summed E-state index contributed by atoms with van der Waals surface area (Å²) >= 11 is 0. The number of carboxylic acids is 1. The van der Waals surface area contributed by atoms with E-state index in [1.165, 1.54) is 0 Å². The van der Waals surface area contributed by atoms with Gasteiger partial charge in [-0.05, 0) is 17.7 Å². The van der Waals surface area contributed by atoms with Gasteiger partial charge in [-0.1, -0.05) is 12.1 Å². The Bertz CT molecular complexity index is 439. The van der Waals surface area contributed by atoms with Crippen LogP contribution in [0.3, 0.4) is 0 Å². The molecule has 1 fully saturated rings. The molecule has 90 valence electrons. The summed E-state index contributed by atoms with van der Waals surface area (Å²) in [6.07, 6.45) is 0. The van der Waals surface area contributed by atoms with Gasteiger partial charge in [-0.2, -0.15) is 5.26 Å². The van der Waals surface area contributed by atoms with Crippen molar-refractivity contribution < 1.29 is 9.90 Å². The molecule has 1 aliphatic heterocycles. The number of nitrogens with one attached hydrogen (secondary N) is 1. The summed E-state index contributed by atoms with van der Waals surface area (Å²) in [5.74, 6) is -1.13. The van der Waals surface area contributed by atoms with E-state index in [1.54, 1.807) is 12.1 Å². The Labute approximate surface area is 106 Å². The fourth-order valence-electron chi connectivity index (χ4n) is 2.09. The number of nitrogens with zero attached hydrogens (tertiary/aromatic N) is 1. The van der Waals surface area contributed by atoms with E-state index in [-0.39, 0.29) is 24.2 Å². The minimum absolute atomic E-state index is 0. The van der Waals surface area contributed by atoms with Gasteiger partial charge in [0.2, 0.25) is 0 Å². The van der Waals surface area contributed by atoms with Crippen LogP contribution in [0.15, 0.2) is 24.3 Å². The number of aliphatic carboxylic acids is 1. The Hall–Kier alpha value is -1.57. The second-order valence-electron chi connectivity index (χ2n) is 3.94. The van der Waals surface area contributed by atoms with E-state index in [0.717, 1.165) is 5.56 Å². The molecule has 2 atom stereocenters. The number of halogens is 1. The van der Waals surface area contributed by atoms with Crippen LogP contribution in [0.1, 0.15) is 17.0 Å². The maximum atomic E-state index is 11.0. The normalized spacial score (nSPS) is 22.5. The van der Waals surface area contributed by atoms with Gasteiger partial charge in [0, 0.05) is 19.0 Å². The van der Waals surface area contributed by atoms with E-state index >= 15 is 0 Å². The van der Waals surface area contributed by atoms with Crippen molar-refractivity contribution in [2.75, 3.05) is 13.1 Å². The molecule has 0 radical (unpaired) electrons. The first-order chi connectivity index (χ1) is 7.72. The highest BCUT2D eigenvalue weighted by Gasteiger charge is 2.33. The van der Waals surface area contributed by atoms with Crippen molar-refractivity contribution in [1.82, 2.24) is 5.32 Å². The summed E-state index contributed by atoms with van der Waals surface area (Å²) in [6, 6.07) is 9.18. The Kier molecular flexibility index (Phi) is 4.50. The average Bonchev–Trinajstić information content (AvgIpc) is 2.78. The third-order valence-corrected chi connectivity index (χ3v) is 3.00. The Balaban J connectivity index is 0.00000144.